The quantitative estimate of drug-likeness (QED) is 0.658. The summed E-state index contributed by atoms with van der Waals surface area (Å²) in [6.45, 7) is 2.11. The van der Waals surface area contributed by atoms with Gasteiger partial charge in [0.05, 0.1) is 11.9 Å². The average molecular weight is 306 g/mol. The lowest BCUT2D eigenvalue weighted by Gasteiger charge is -2.03. The highest BCUT2D eigenvalue weighted by Gasteiger charge is 2.24. The third kappa shape index (κ3) is 3.49. The first-order valence-corrected chi connectivity index (χ1v) is 7.76. The van der Waals surface area contributed by atoms with Crippen LogP contribution in [-0.2, 0) is 11.2 Å². The Bertz CT molecular complexity index is 776. The molecule has 1 saturated carbocycles. The van der Waals surface area contributed by atoms with Crippen LogP contribution in [0.25, 0.3) is 17.3 Å². The van der Waals surface area contributed by atoms with E-state index in [4.69, 9.17) is 0 Å². The molecule has 1 aromatic heterocycles. The van der Waals surface area contributed by atoms with Gasteiger partial charge in [-0.2, -0.15) is 10.4 Å². The molecule has 1 fully saturated rings. The van der Waals surface area contributed by atoms with Gasteiger partial charge in [0.1, 0.15) is 11.6 Å². The molecule has 5 heteroatoms. The van der Waals surface area contributed by atoms with Crippen LogP contribution in [0.4, 0.5) is 0 Å². The molecule has 1 amide bonds. The fourth-order valence-electron chi connectivity index (χ4n) is 2.34. The lowest BCUT2D eigenvalue weighted by atomic mass is 10.0. The Hall–Kier alpha value is -2.87. The summed E-state index contributed by atoms with van der Waals surface area (Å²) in [5.74, 6) is -0.316. The molecule has 0 aliphatic heterocycles. The molecule has 116 valence electrons. The van der Waals surface area contributed by atoms with Gasteiger partial charge in [0.15, 0.2) is 0 Å². The number of aromatic nitrogens is 2. The molecule has 0 radical (unpaired) electrons. The molecule has 0 unspecified atom stereocenters. The van der Waals surface area contributed by atoms with Gasteiger partial charge in [-0.05, 0) is 30.9 Å². The van der Waals surface area contributed by atoms with Crippen LogP contribution < -0.4 is 5.32 Å². The van der Waals surface area contributed by atoms with Gasteiger partial charge < -0.3 is 5.32 Å². The molecule has 1 aliphatic rings. The smallest absolute Gasteiger partial charge is 0.262 e. The molecule has 3 rings (SSSR count). The molecular weight excluding hydrogens is 288 g/mol. The van der Waals surface area contributed by atoms with Crippen molar-refractivity contribution in [3.05, 3.63) is 47.2 Å². The Morgan fingerprint density at radius 1 is 1.43 bits per heavy atom. The highest BCUT2D eigenvalue weighted by atomic mass is 16.1. The molecular formula is C18H18N4O. The third-order valence-electron chi connectivity index (χ3n) is 3.90. The molecule has 5 nitrogen and oxygen atoms in total. The Balaban J connectivity index is 1.88. The van der Waals surface area contributed by atoms with Gasteiger partial charge in [0.25, 0.3) is 5.91 Å². The zero-order valence-corrected chi connectivity index (χ0v) is 13.0. The SMILES string of the molecule is CCc1ccc(-c2[nH]ncc2/C=C(\C#N)C(=O)NC2CC2)cc1. The number of nitrogens with one attached hydrogen (secondary N) is 2. The lowest BCUT2D eigenvalue weighted by molar-refractivity contribution is -0.117. The predicted octanol–water partition coefficient (Wildman–Crippen LogP) is 2.82. The van der Waals surface area contributed by atoms with E-state index in [-0.39, 0.29) is 17.5 Å². The summed E-state index contributed by atoms with van der Waals surface area (Å²) in [6.07, 6.45) is 6.18. The minimum atomic E-state index is -0.316. The highest BCUT2D eigenvalue weighted by molar-refractivity contribution is 6.02. The van der Waals surface area contributed by atoms with E-state index in [1.165, 1.54) is 5.56 Å². The van der Waals surface area contributed by atoms with Crippen LogP contribution in [0.2, 0.25) is 0 Å². The Kier molecular flexibility index (Phi) is 4.24. The monoisotopic (exact) mass is 306 g/mol. The Labute approximate surface area is 135 Å². The fourth-order valence-corrected chi connectivity index (χ4v) is 2.34. The Morgan fingerprint density at radius 3 is 2.78 bits per heavy atom. The molecule has 0 spiro atoms. The molecule has 0 bridgehead atoms. The van der Waals surface area contributed by atoms with E-state index in [9.17, 15) is 10.1 Å². The van der Waals surface area contributed by atoms with Gasteiger partial charge in [0.2, 0.25) is 0 Å². The van der Waals surface area contributed by atoms with Crippen LogP contribution in [0.15, 0.2) is 36.0 Å². The van der Waals surface area contributed by atoms with Crippen molar-refractivity contribution in [2.75, 3.05) is 0 Å². The number of aryl methyl sites for hydroxylation is 1. The summed E-state index contributed by atoms with van der Waals surface area (Å²) in [7, 11) is 0. The van der Waals surface area contributed by atoms with Crippen molar-refractivity contribution in [1.82, 2.24) is 15.5 Å². The fraction of sp³-hybridized carbons (Fsp3) is 0.278. The van der Waals surface area contributed by atoms with Crippen LogP contribution in [0.5, 0.6) is 0 Å². The van der Waals surface area contributed by atoms with Crippen molar-refractivity contribution >= 4 is 12.0 Å². The molecule has 2 N–H and O–H groups in total. The third-order valence-corrected chi connectivity index (χ3v) is 3.90. The van der Waals surface area contributed by atoms with Gasteiger partial charge in [-0.1, -0.05) is 31.2 Å². The number of nitrogens with zero attached hydrogens (tertiary/aromatic N) is 2. The van der Waals surface area contributed by atoms with Gasteiger partial charge in [-0.15, -0.1) is 0 Å². The van der Waals surface area contributed by atoms with E-state index < -0.39 is 0 Å². The number of aromatic amines is 1. The zero-order chi connectivity index (χ0) is 16.2. The first-order valence-electron chi connectivity index (χ1n) is 7.76. The van der Waals surface area contributed by atoms with Gasteiger partial charge in [-0.25, -0.2) is 0 Å². The summed E-state index contributed by atoms with van der Waals surface area (Å²) in [4.78, 5) is 12.0. The molecule has 1 aliphatic carbocycles. The minimum absolute atomic E-state index is 0.102. The summed E-state index contributed by atoms with van der Waals surface area (Å²) in [5.41, 5.74) is 3.87. The number of H-pyrrole nitrogens is 1. The summed E-state index contributed by atoms with van der Waals surface area (Å²) >= 11 is 0. The van der Waals surface area contributed by atoms with Crippen molar-refractivity contribution in [1.29, 1.82) is 5.26 Å². The second-order valence-electron chi connectivity index (χ2n) is 5.67. The number of hydrogen-bond acceptors (Lipinski definition) is 3. The number of nitriles is 1. The maximum atomic E-state index is 12.0. The van der Waals surface area contributed by atoms with Crippen LogP contribution in [0, 0.1) is 11.3 Å². The van der Waals surface area contributed by atoms with Gasteiger partial charge in [0, 0.05) is 17.2 Å². The van der Waals surface area contributed by atoms with Crippen LogP contribution in [0.1, 0.15) is 30.9 Å². The van der Waals surface area contributed by atoms with Crippen LogP contribution >= 0.6 is 0 Å². The lowest BCUT2D eigenvalue weighted by Crippen LogP contribution is -2.26. The summed E-state index contributed by atoms with van der Waals surface area (Å²) in [5, 5.41) is 19.1. The molecule has 1 aromatic carbocycles. The molecule has 1 heterocycles. The van der Waals surface area contributed by atoms with E-state index in [1.807, 2.05) is 18.2 Å². The maximum Gasteiger partial charge on any atom is 0.262 e. The van der Waals surface area contributed by atoms with E-state index >= 15 is 0 Å². The van der Waals surface area contributed by atoms with Crippen molar-refractivity contribution in [3.8, 4) is 17.3 Å². The topological polar surface area (TPSA) is 81.6 Å². The van der Waals surface area contributed by atoms with Crippen molar-refractivity contribution in [3.63, 3.8) is 0 Å². The molecule has 2 aromatic rings. The molecule has 0 saturated heterocycles. The maximum absolute atomic E-state index is 12.0. The average Bonchev–Trinajstić information content (AvgIpc) is 3.27. The number of carbonyl (C=O) groups is 1. The second kappa shape index (κ2) is 6.49. The number of amides is 1. The number of rotatable bonds is 5. The second-order valence-corrected chi connectivity index (χ2v) is 5.67. The predicted molar refractivity (Wildman–Crippen MR) is 88.2 cm³/mol. The van der Waals surface area contributed by atoms with E-state index in [0.717, 1.165) is 36.1 Å². The van der Waals surface area contributed by atoms with Crippen LogP contribution in [-0.4, -0.2) is 22.1 Å². The molecule has 23 heavy (non-hydrogen) atoms. The number of benzene rings is 1. The summed E-state index contributed by atoms with van der Waals surface area (Å²) < 4.78 is 0. The first-order chi connectivity index (χ1) is 11.2. The van der Waals surface area contributed by atoms with E-state index in [1.54, 1.807) is 12.3 Å². The minimum Gasteiger partial charge on any atom is -0.349 e. The largest absolute Gasteiger partial charge is 0.349 e. The standard InChI is InChI=1S/C18H18N4O/c1-2-12-3-5-13(6-4-12)17-15(11-20-22-17)9-14(10-19)18(23)21-16-7-8-16/h3-6,9,11,16H,2,7-8H2,1H3,(H,20,22)(H,21,23)/b14-9+. The van der Waals surface area contributed by atoms with Gasteiger partial charge in [-0.3, -0.25) is 9.89 Å². The normalized spacial score (nSPS) is 14.3. The zero-order valence-electron chi connectivity index (χ0n) is 13.0. The first kappa shape index (κ1) is 15.0. The van der Waals surface area contributed by atoms with Crippen LogP contribution in [0.3, 0.4) is 0 Å². The molecule has 0 atom stereocenters. The highest BCUT2D eigenvalue weighted by Crippen LogP contribution is 2.24. The number of carbonyl (C=O) groups excluding carboxylic acids is 1. The number of hydrogen-bond donors (Lipinski definition) is 2. The van der Waals surface area contributed by atoms with Crippen molar-refractivity contribution < 1.29 is 4.79 Å². The van der Waals surface area contributed by atoms with E-state index in [2.05, 4.69) is 34.6 Å². The Morgan fingerprint density at radius 2 is 2.17 bits per heavy atom. The van der Waals surface area contributed by atoms with E-state index in [0.29, 0.717) is 0 Å². The van der Waals surface area contributed by atoms with Crippen molar-refractivity contribution in [2.45, 2.75) is 32.2 Å². The van der Waals surface area contributed by atoms with Crippen molar-refractivity contribution in [2.24, 2.45) is 0 Å². The summed E-state index contributed by atoms with van der Waals surface area (Å²) in [6, 6.07) is 10.4. The van der Waals surface area contributed by atoms with Gasteiger partial charge >= 0.3 is 0 Å².